The number of quaternary nitrogens is 1. The van der Waals surface area contributed by atoms with Crippen LogP contribution in [0.2, 0.25) is 0 Å². The molecule has 6 aliphatic rings. The van der Waals surface area contributed by atoms with E-state index in [1.54, 1.807) is 0 Å². The Labute approximate surface area is 214 Å². The summed E-state index contributed by atoms with van der Waals surface area (Å²) < 4.78 is 7.78. The Hall–Kier alpha value is -2.01. The summed E-state index contributed by atoms with van der Waals surface area (Å²) in [5, 5.41) is 14.0. The molecule has 2 saturated heterocycles. The highest BCUT2D eigenvalue weighted by Crippen LogP contribution is 2.69. The molecular weight excluding hydrogens is 444 g/mol. The lowest BCUT2D eigenvalue weighted by molar-refractivity contribution is -1.11. The summed E-state index contributed by atoms with van der Waals surface area (Å²) in [6, 6.07) is 9.51. The third kappa shape index (κ3) is 2.79. The monoisotopic (exact) mass is 483 g/mol. The zero-order valence-electron chi connectivity index (χ0n) is 21.6. The standard InChI is InChI=1S/C32H39N2O2/c1-30-12-10-26-19-25-6-7-27(34(35)16-2-3-17-34)20-31(25)13-14-32(26,36-31)29(30)9-8-28(30)23-5-4-22-11-15-33-21-24(22)18-23/h4-5,10-11,15,18-19,21,27-29,35H,2-3,6-9,12-14,16-17,20H2,1H3/q+1. The summed E-state index contributed by atoms with van der Waals surface area (Å²) in [7, 11) is 0. The van der Waals surface area contributed by atoms with Crippen LogP contribution >= 0.6 is 0 Å². The van der Waals surface area contributed by atoms with Crippen molar-refractivity contribution in [3.05, 3.63) is 65.5 Å². The van der Waals surface area contributed by atoms with Gasteiger partial charge in [-0.05, 0) is 90.0 Å². The summed E-state index contributed by atoms with van der Waals surface area (Å²) >= 11 is 0. The van der Waals surface area contributed by atoms with Crippen LogP contribution in [0.1, 0.15) is 82.6 Å². The van der Waals surface area contributed by atoms with Crippen LogP contribution in [0.3, 0.4) is 0 Å². The fraction of sp³-hybridized carbons (Fsp3) is 0.594. The smallest absolute Gasteiger partial charge is 0.122 e. The van der Waals surface area contributed by atoms with Gasteiger partial charge in [-0.1, -0.05) is 31.2 Å². The molecule has 4 nitrogen and oxygen atoms in total. The van der Waals surface area contributed by atoms with Gasteiger partial charge in [0.1, 0.15) is 19.1 Å². The lowest BCUT2D eigenvalue weighted by Gasteiger charge is -2.55. The molecule has 4 heteroatoms. The number of rotatable bonds is 2. The SMILES string of the molecule is CC12CC=C3C=C4CCC([N+]5(O)CCCC5)CC45CCC3(O5)C1CCC2c1ccc2ccncc2c1. The number of allylic oxidation sites excluding steroid dienone is 1. The van der Waals surface area contributed by atoms with Crippen LogP contribution in [0.5, 0.6) is 0 Å². The second-order valence-corrected chi connectivity index (χ2v) is 13.2. The van der Waals surface area contributed by atoms with Gasteiger partial charge in [0.05, 0.1) is 11.2 Å². The van der Waals surface area contributed by atoms with E-state index in [4.69, 9.17) is 4.74 Å². The van der Waals surface area contributed by atoms with Crippen LogP contribution in [0.15, 0.2) is 60.0 Å². The van der Waals surface area contributed by atoms with Crippen molar-refractivity contribution >= 4 is 10.8 Å². The Kier molecular flexibility index (Phi) is 4.47. The minimum Gasteiger partial charge on any atom is -0.359 e. The Morgan fingerprint density at radius 2 is 1.94 bits per heavy atom. The number of hydrogen-bond donors (Lipinski definition) is 1. The van der Waals surface area contributed by atoms with Crippen LogP contribution in [0.25, 0.3) is 10.8 Å². The highest BCUT2D eigenvalue weighted by molar-refractivity contribution is 5.82. The van der Waals surface area contributed by atoms with Gasteiger partial charge in [0.2, 0.25) is 0 Å². The molecular formula is C32H39N2O2+. The molecule has 2 spiro atoms. The summed E-state index contributed by atoms with van der Waals surface area (Å²) in [6.45, 7) is 4.42. The quantitative estimate of drug-likeness (QED) is 0.475. The number of hydroxylamine groups is 3. The van der Waals surface area contributed by atoms with E-state index in [9.17, 15) is 5.21 Å². The number of pyridine rings is 1. The molecule has 3 aliphatic carbocycles. The van der Waals surface area contributed by atoms with Gasteiger partial charge in [0.15, 0.2) is 0 Å². The zero-order valence-corrected chi connectivity index (χ0v) is 21.6. The van der Waals surface area contributed by atoms with E-state index < -0.39 is 0 Å². The van der Waals surface area contributed by atoms with Gasteiger partial charge in [-0.15, -0.1) is 0 Å². The largest absolute Gasteiger partial charge is 0.359 e. The number of aromatic nitrogens is 1. The van der Waals surface area contributed by atoms with Gasteiger partial charge >= 0.3 is 0 Å². The first-order chi connectivity index (χ1) is 17.4. The van der Waals surface area contributed by atoms with Crippen molar-refractivity contribution in [2.24, 2.45) is 11.3 Å². The molecule has 188 valence electrons. The Morgan fingerprint density at radius 1 is 1.06 bits per heavy atom. The Balaban J connectivity index is 1.15. The van der Waals surface area contributed by atoms with Crippen molar-refractivity contribution in [2.45, 2.75) is 94.3 Å². The van der Waals surface area contributed by atoms with Crippen LogP contribution in [0.4, 0.5) is 0 Å². The van der Waals surface area contributed by atoms with Crippen molar-refractivity contribution < 1.29 is 14.6 Å². The normalized spacial score (nSPS) is 42.4. The second kappa shape index (κ2) is 7.30. The number of nitrogens with zero attached hydrogens (tertiary/aromatic N) is 2. The molecule has 36 heavy (non-hydrogen) atoms. The minimum atomic E-state index is -0.137. The highest BCUT2D eigenvalue weighted by atomic mass is 16.6. The predicted molar refractivity (Wildman–Crippen MR) is 141 cm³/mol. The predicted octanol–water partition coefficient (Wildman–Crippen LogP) is 6.85. The number of benzene rings is 1. The van der Waals surface area contributed by atoms with E-state index in [-0.39, 0.29) is 16.6 Å². The number of likely N-dealkylation sites (tertiary alicyclic amines) is 1. The van der Waals surface area contributed by atoms with E-state index in [2.05, 4.69) is 48.3 Å². The molecule has 1 N–H and O–H groups in total. The van der Waals surface area contributed by atoms with Crippen molar-refractivity contribution in [2.75, 3.05) is 13.1 Å². The molecule has 6 atom stereocenters. The van der Waals surface area contributed by atoms with Gasteiger partial charge in [0.25, 0.3) is 0 Å². The fourth-order valence-electron chi connectivity index (χ4n) is 9.91. The van der Waals surface area contributed by atoms with Crippen LogP contribution in [-0.4, -0.2) is 45.2 Å². The maximum absolute atomic E-state index is 11.4. The number of ether oxygens (including phenoxy) is 1. The first kappa shape index (κ1) is 22.0. The molecule has 8 rings (SSSR count). The van der Waals surface area contributed by atoms with Gasteiger partial charge < -0.3 is 4.74 Å². The molecule has 4 fully saturated rings. The Bertz CT molecular complexity index is 1310. The first-order valence-corrected chi connectivity index (χ1v) is 14.5. The lowest BCUT2D eigenvalue weighted by Crippen LogP contribution is -2.59. The lowest BCUT2D eigenvalue weighted by atomic mass is 9.58. The van der Waals surface area contributed by atoms with Crippen LogP contribution < -0.4 is 0 Å². The summed E-state index contributed by atoms with van der Waals surface area (Å²) in [4.78, 5) is 4.39. The van der Waals surface area contributed by atoms with E-state index in [0.717, 1.165) is 64.5 Å². The average Bonchev–Trinajstić information content (AvgIpc) is 3.58. The third-order valence-electron chi connectivity index (χ3n) is 11.7. The zero-order chi connectivity index (χ0) is 24.2. The summed E-state index contributed by atoms with van der Waals surface area (Å²) in [5.74, 6) is 1.11. The van der Waals surface area contributed by atoms with Gasteiger partial charge in [-0.3, -0.25) is 4.98 Å². The van der Waals surface area contributed by atoms with E-state index in [0.29, 0.717) is 22.5 Å². The molecule has 3 aliphatic heterocycles. The molecule has 6 unspecified atom stereocenters. The molecule has 1 aromatic heterocycles. The minimum absolute atomic E-state index is 0.128. The van der Waals surface area contributed by atoms with Crippen molar-refractivity contribution in [3.8, 4) is 0 Å². The molecule has 0 radical (unpaired) electrons. The molecule has 4 heterocycles. The van der Waals surface area contributed by atoms with Gasteiger partial charge in [-0.2, -0.15) is 4.65 Å². The summed E-state index contributed by atoms with van der Waals surface area (Å²) in [5.41, 5.74) is 4.45. The molecule has 2 aromatic rings. The van der Waals surface area contributed by atoms with Crippen molar-refractivity contribution in [1.29, 1.82) is 0 Å². The summed E-state index contributed by atoms with van der Waals surface area (Å²) in [6.07, 6.45) is 20.5. The van der Waals surface area contributed by atoms with Crippen LogP contribution in [0, 0.1) is 11.3 Å². The van der Waals surface area contributed by atoms with Crippen molar-refractivity contribution in [1.82, 2.24) is 4.98 Å². The fourth-order valence-corrected chi connectivity index (χ4v) is 9.91. The molecule has 2 saturated carbocycles. The van der Waals surface area contributed by atoms with E-state index in [1.165, 1.54) is 40.3 Å². The van der Waals surface area contributed by atoms with Gasteiger partial charge in [0, 0.05) is 43.5 Å². The van der Waals surface area contributed by atoms with Crippen LogP contribution in [-0.2, 0) is 4.74 Å². The average molecular weight is 484 g/mol. The number of fused-ring (bicyclic) bond motifs is 2. The maximum Gasteiger partial charge on any atom is 0.122 e. The number of hydrogen-bond acceptors (Lipinski definition) is 3. The topological polar surface area (TPSA) is 42.4 Å². The maximum atomic E-state index is 11.4. The Morgan fingerprint density at radius 3 is 2.83 bits per heavy atom. The second-order valence-electron chi connectivity index (χ2n) is 13.2. The molecule has 0 amide bonds. The van der Waals surface area contributed by atoms with E-state index in [1.807, 2.05) is 12.4 Å². The molecule has 2 bridgehead atoms. The third-order valence-corrected chi connectivity index (χ3v) is 11.7. The molecule has 1 aromatic carbocycles. The van der Waals surface area contributed by atoms with Gasteiger partial charge in [-0.25, -0.2) is 5.21 Å². The van der Waals surface area contributed by atoms with Crippen molar-refractivity contribution in [3.63, 3.8) is 0 Å². The highest BCUT2D eigenvalue weighted by Gasteiger charge is 2.67. The first-order valence-electron chi connectivity index (χ1n) is 14.5. The van der Waals surface area contributed by atoms with E-state index >= 15 is 0 Å².